The van der Waals surface area contributed by atoms with Crippen LogP contribution in [0.5, 0.6) is 0 Å². The van der Waals surface area contributed by atoms with Gasteiger partial charge in [0.15, 0.2) is 0 Å². The van der Waals surface area contributed by atoms with Crippen molar-refractivity contribution in [2.75, 3.05) is 6.54 Å². The lowest BCUT2D eigenvalue weighted by molar-refractivity contribution is 0.966. The number of hydrogen-bond donors (Lipinski definition) is 1. The lowest BCUT2D eigenvalue weighted by atomic mass is 10.0. The number of rotatable bonds is 3. The molecule has 0 spiro atoms. The van der Waals surface area contributed by atoms with Gasteiger partial charge in [-0.15, -0.1) is 0 Å². The summed E-state index contributed by atoms with van der Waals surface area (Å²) in [5.74, 6) is 0. The largest absolute Gasteiger partial charge is 0.330 e. The third-order valence-corrected chi connectivity index (χ3v) is 2.12. The van der Waals surface area contributed by atoms with Crippen molar-refractivity contribution in [3.05, 3.63) is 40.9 Å². The molecule has 0 unspecified atom stereocenters. The van der Waals surface area contributed by atoms with Crippen molar-refractivity contribution in [2.45, 2.75) is 6.42 Å². The third kappa shape index (κ3) is 1.87. The van der Waals surface area contributed by atoms with E-state index in [0.29, 0.717) is 6.54 Å². The molecular weight excluding hydrogens is 170 g/mol. The van der Waals surface area contributed by atoms with E-state index in [1.165, 1.54) is 0 Å². The minimum Gasteiger partial charge on any atom is -0.330 e. The Morgan fingerprint density at radius 1 is 1.50 bits per heavy atom. The van der Waals surface area contributed by atoms with Crippen molar-refractivity contribution in [3.8, 4) is 0 Å². The zero-order valence-corrected chi connectivity index (χ0v) is 7.64. The highest BCUT2D eigenvalue weighted by Gasteiger charge is 2.02. The highest BCUT2D eigenvalue weighted by molar-refractivity contribution is 6.31. The van der Waals surface area contributed by atoms with Crippen LogP contribution < -0.4 is 5.73 Å². The molecule has 0 saturated heterocycles. The minimum absolute atomic E-state index is 0.616. The molecule has 64 valence electrons. The lowest BCUT2D eigenvalue weighted by Gasteiger charge is -2.05. The molecule has 0 fully saturated rings. The fourth-order valence-electron chi connectivity index (χ4n) is 1.17. The number of benzene rings is 1. The molecule has 1 aromatic carbocycles. The molecule has 0 atom stereocenters. The van der Waals surface area contributed by atoms with Crippen LogP contribution in [0, 0.1) is 0 Å². The Hall–Kier alpha value is -0.790. The van der Waals surface area contributed by atoms with Gasteiger partial charge in [-0.2, -0.15) is 0 Å². The third-order valence-electron chi connectivity index (χ3n) is 1.77. The molecule has 0 amide bonds. The van der Waals surface area contributed by atoms with Crippen LogP contribution in [0.4, 0.5) is 0 Å². The molecule has 0 heterocycles. The van der Waals surface area contributed by atoms with Gasteiger partial charge < -0.3 is 5.73 Å². The van der Waals surface area contributed by atoms with Crippen LogP contribution in [0.1, 0.15) is 11.1 Å². The number of halogens is 1. The van der Waals surface area contributed by atoms with Gasteiger partial charge in [0.25, 0.3) is 0 Å². The van der Waals surface area contributed by atoms with Gasteiger partial charge in [-0.05, 0) is 30.2 Å². The molecule has 0 saturated carbocycles. The average Bonchev–Trinajstić information content (AvgIpc) is 2.09. The standard InChI is InChI=1S/C10H12ClN/c1-2-8-4-3-5-10(11)9(8)6-7-12/h2-5H,1,6-7,12H2. The summed E-state index contributed by atoms with van der Waals surface area (Å²) in [4.78, 5) is 0. The van der Waals surface area contributed by atoms with Gasteiger partial charge in [0.2, 0.25) is 0 Å². The maximum Gasteiger partial charge on any atom is 0.0444 e. The molecule has 0 aromatic heterocycles. The van der Waals surface area contributed by atoms with E-state index in [0.717, 1.165) is 22.6 Å². The van der Waals surface area contributed by atoms with Crippen LogP contribution in [0.25, 0.3) is 6.08 Å². The van der Waals surface area contributed by atoms with Crippen LogP contribution in [-0.4, -0.2) is 6.54 Å². The van der Waals surface area contributed by atoms with Crippen LogP contribution in [-0.2, 0) is 6.42 Å². The molecule has 0 aliphatic rings. The van der Waals surface area contributed by atoms with Crippen molar-refractivity contribution < 1.29 is 0 Å². The van der Waals surface area contributed by atoms with Crippen LogP contribution in [0.15, 0.2) is 24.8 Å². The molecule has 1 nitrogen and oxygen atoms in total. The summed E-state index contributed by atoms with van der Waals surface area (Å²) in [5.41, 5.74) is 7.63. The van der Waals surface area contributed by atoms with E-state index < -0.39 is 0 Å². The fourth-order valence-corrected chi connectivity index (χ4v) is 1.45. The van der Waals surface area contributed by atoms with E-state index in [-0.39, 0.29) is 0 Å². The second-order valence-corrected chi connectivity index (χ2v) is 2.96. The maximum absolute atomic E-state index is 5.98. The highest BCUT2D eigenvalue weighted by atomic mass is 35.5. The van der Waals surface area contributed by atoms with E-state index in [2.05, 4.69) is 6.58 Å². The Morgan fingerprint density at radius 3 is 2.83 bits per heavy atom. The minimum atomic E-state index is 0.616. The second-order valence-electron chi connectivity index (χ2n) is 2.55. The van der Waals surface area contributed by atoms with E-state index in [9.17, 15) is 0 Å². The molecule has 0 aliphatic heterocycles. The van der Waals surface area contributed by atoms with Gasteiger partial charge in [0.05, 0.1) is 0 Å². The number of nitrogens with two attached hydrogens (primary N) is 1. The Morgan fingerprint density at radius 2 is 2.25 bits per heavy atom. The maximum atomic E-state index is 5.98. The molecule has 2 heteroatoms. The first-order valence-corrected chi connectivity index (χ1v) is 4.27. The van der Waals surface area contributed by atoms with Gasteiger partial charge in [-0.25, -0.2) is 0 Å². The van der Waals surface area contributed by atoms with Crippen molar-refractivity contribution in [3.63, 3.8) is 0 Å². The normalized spacial score (nSPS) is 9.83. The van der Waals surface area contributed by atoms with Crippen LogP contribution >= 0.6 is 11.6 Å². The van der Waals surface area contributed by atoms with Gasteiger partial charge in [0, 0.05) is 5.02 Å². The molecule has 0 radical (unpaired) electrons. The molecular formula is C10H12ClN. The molecule has 0 bridgehead atoms. The Kier molecular flexibility index (Phi) is 3.32. The van der Waals surface area contributed by atoms with Crippen molar-refractivity contribution >= 4 is 17.7 Å². The van der Waals surface area contributed by atoms with Gasteiger partial charge in [0.1, 0.15) is 0 Å². The summed E-state index contributed by atoms with van der Waals surface area (Å²) in [7, 11) is 0. The van der Waals surface area contributed by atoms with Crippen LogP contribution in [0.2, 0.25) is 5.02 Å². The second kappa shape index (κ2) is 4.29. The summed E-state index contributed by atoms with van der Waals surface area (Å²) in [6.45, 7) is 4.33. The smallest absolute Gasteiger partial charge is 0.0444 e. The summed E-state index contributed by atoms with van der Waals surface area (Å²) in [5, 5.41) is 0.776. The Bertz CT molecular complexity index is 281. The van der Waals surface area contributed by atoms with Gasteiger partial charge in [-0.3, -0.25) is 0 Å². The van der Waals surface area contributed by atoms with Crippen molar-refractivity contribution in [1.82, 2.24) is 0 Å². The fraction of sp³-hybridized carbons (Fsp3) is 0.200. The van der Waals surface area contributed by atoms with E-state index in [1.807, 2.05) is 18.2 Å². The summed E-state index contributed by atoms with van der Waals surface area (Å²) in [6, 6.07) is 5.78. The zero-order chi connectivity index (χ0) is 8.97. The summed E-state index contributed by atoms with van der Waals surface area (Å²) in [6.07, 6.45) is 2.61. The molecule has 1 rings (SSSR count). The van der Waals surface area contributed by atoms with Crippen molar-refractivity contribution in [2.24, 2.45) is 5.73 Å². The van der Waals surface area contributed by atoms with E-state index in [4.69, 9.17) is 17.3 Å². The molecule has 12 heavy (non-hydrogen) atoms. The quantitative estimate of drug-likeness (QED) is 0.762. The SMILES string of the molecule is C=Cc1cccc(Cl)c1CCN. The van der Waals surface area contributed by atoms with Crippen LogP contribution in [0.3, 0.4) is 0 Å². The topological polar surface area (TPSA) is 26.0 Å². The molecule has 1 aromatic rings. The average molecular weight is 182 g/mol. The summed E-state index contributed by atoms with van der Waals surface area (Å²) >= 11 is 5.98. The first-order valence-electron chi connectivity index (χ1n) is 3.89. The summed E-state index contributed by atoms with van der Waals surface area (Å²) < 4.78 is 0. The van der Waals surface area contributed by atoms with E-state index in [1.54, 1.807) is 6.08 Å². The predicted octanol–water partition coefficient (Wildman–Crippen LogP) is 2.48. The van der Waals surface area contributed by atoms with Crippen molar-refractivity contribution in [1.29, 1.82) is 0 Å². The lowest BCUT2D eigenvalue weighted by Crippen LogP contribution is -2.04. The molecule has 2 N–H and O–H groups in total. The monoisotopic (exact) mass is 181 g/mol. The highest BCUT2D eigenvalue weighted by Crippen LogP contribution is 2.20. The molecule has 0 aliphatic carbocycles. The van der Waals surface area contributed by atoms with Gasteiger partial charge in [-0.1, -0.05) is 36.4 Å². The first kappa shape index (κ1) is 9.30. The number of hydrogen-bond acceptors (Lipinski definition) is 1. The van der Waals surface area contributed by atoms with E-state index >= 15 is 0 Å². The Labute approximate surface area is 77.8 Å². The zero-order valence-electron chi connectivity index (χ0n) is 6.89. The predicted molar refractivity (Wildman–Crippen MR) is 54.3 cm³/mol. The first-order chi connectivity index (χ1) is 5.79. The Balaban J connectivity index is 3.10. The van der Waals surface area contributed by atoms with Gasteiger partial charge >= 0.3 is 0 Å².